The van der Waals surface area contributed by atoms with Crippen molar-refractivity contribution in [2.24, 2.45) is 17.2 Å². The van der Waals surface area contributed by atoms with Crippen molar-refractivity contribution in [1.82, 2.24) is 0 Å². The Labute approximate surface area is 229 Å². The molecule has 214 valence electrons. The van der Waals surface area contributed by atoms with Gasteiger partial charge in [0.05, 0.1) is 37.9 Å². The zero-order valence-corrected chi connectivity index (χ0v) is 23.2. The van der Waals surface area contributed by atoms with Gasteiger partial charge < -0.3 is 81.7 Å². The van der Waals surface area contributed by atoms with Crippen LogP contribution in [-0.2, 0) is 23.7 Å². The standard InChI is InChI=1S/C18H35N3O13.I2/c19-7-12(27)14(5(2-23)30-16(7)29)33-18-9(21)13(28)15(6(3-24)32-18)34-17-8(20)11(26)10(25)4(1-22)31-17;1-2/h4-18,22-29H,1-3,19-21H2;/t4-,5-,6-,7-,8-,9-,10-,11-,12-,13-,14?,15?,16-,17+,18+;/m1./s1. The van der Waals surface area contributed by atoms with Crippen LogP contribution in [0.3, 0.4) is 0 Å². The third-order valence-electron chi connectivity index (χ3n) is 6.33. The Kier molecular flexibility index (Phi) is 13.8. The summed E-state index contributed by atoms with van der Waals surface area (Å²) in [5.41, 5.74) is 17.6. The highest BCUT2D eigenvalue weighted by atomic mass is 128. The van der Waals surface area contributed by atoms with Gasteiger partial charge in [-0.05, 0) is 0 Å². The van der Waals surface area contributed by atoms with Crippen LogP contribution in [-0.4, -0.2) is 153 Å². The van der Waals surface area contributed by atoms with E-state index in [-0.39, 0.29) is 0 Å². The lowest BCUT2D eigenvalue weighted by molar-refractivity contribution is -0.348. The first kappa shape index (κ1) is 33.0. The lowest BCUT2D eigenvalue weighted by Crippen LogP contribution is -2.69. The Hall–Kier alpha value is 0.820. The second-order valence-electron chi connectivity index (χ2n) is 8.59. The summed E-state index contributed by atoms with van der Waals surface area (Å²) in [5.74, 6) is 0. The number of hydrogen-bond acceptors (Lipinski definition) is 16. The number of hydrogen-bond donors (Lipinski definition) is 11. The summed E-state index contributed by atoms with van der Waals surface area (Å²) < 4.78 is 27.4. The van der Waals surface area contributed by atoms with Crippen molar-refractivity contribution < 1.29 is 64.5 Å². The molecule has 3 aliphatic rings. The van der Waals surface area contributed by atoms with Gasteiger partial charge in [0.1, 0.15) is 54.9 Å². The normalized spacial score (nSPS) is 49.8. The van der Waals surface area contributed by atoms with Crippen molar-refractivity contribution in [3.8, 4) is 0 Å². The van der Waals surface area contributed by atoms with Crippen LogP contribution in [0.25, 0.3) is 0 Å². The lowest BCUT2D eigenvalue weighted by atomic mass is 9.94. The molecule has 3 aliphatic heterocycles. The second kappa shape index (κ2) is 15.0. The molecule has 0 aromatic rings. The number of aliphatic hydroxyl groups excluding tert-OH is 8. The molecule has 0 radical (unpaired) electrons. The maximum Gasteiger partial charge on any atom is 0.176 e. The smallest absolute Gasteiger partial charge is 0.176 e. The number of ether oxygens (including phenoxy) is 5. The molecule has 3 rings (SSSR count). The number of halogens is 2. The predicted octanol–water partition coefficient (Wildman–Crippen LogP) is -5.90. The van der Waals surface area contributed by atoms with Crippen LogP contribution in [0.1, 0.15) is 0 Å². The molecule has 2 unspecified atom stereocenters. The topological polar surface area (TPSA) is 286 Å². The maximum atomic E-state index is 10.8. The molecule has 16 nitrogen and oxygen atoms in total. The van der Waals surface area contributed by atoms with E-state index in [1.54, 1.807) is 0 Å². The van der Waals surface area contributed by atoms with Gasteiger partial charge in [0.2, 0.25) is 0 Å². The van der Waals surface area contributed by atoms with Gasteiger partial charge in [-0.25, -0.2) is 0 Å². The van der Waals surface area contributed by atoms with Gasteiger partial charge in [-0.15, -0.1) is 0 Å². The zero-order chi connectivity index (χ0) is 27.3. The van der Waals surface area contributed by atoms with Crippen LogP contribution in [0, 0.1) is 0 Å². The molecule has 0 aliphatic carbocycles. The van der Waals surface area contributed by atoms with Crippen molar-refractivity contribution in [3.05, 3.63) is 0 Å². The Morgan fingerprint density at radius 2 is 0.944 bits per heavy atom. The molecule has 3 fully saturated rings. The molecule has 0 amide bonds. The lowest BCUT2D eigenvalue weighted by Gasteiger charge is -2.48. The van der Waals surface area contributed by atoms with Crippen LogP contribution < -0.4 is 17.2 Å². The van der Waals surface area contributed by atoms with Gasteiger partial charge in [0.25, 0.3) is 0 Å². The average Bonchev–Trinajstić information content (AvgIpc) is 2.89. The highest BCUT2D eigenvalue weighted by Gasteiger charge is 2.52. The van der Waals surface area contributed by atoms with E-state index in [2.05, 4.69) is 37.2 Å². The van der Waals surface area contributed by atoms with Gasteiger partial charge >= 0.3 is 0 Å². The van der Waals surface area contributed by atoms with Gasteiger partial charge in [-0.3, -0.25) is 0 Å². The summed E-state index contributed by atoms with van der Waals surface area (Å²) in [4.78, 5) is 0. The quantitative estimate of drug-likeness (QED) is 0.108. The van der Waals surface area contributed by atoms with E-state index < -0.39 is 112 Å². The van der Waals surface area contributed by atoms with E-state index in [4.69, 9.17) is 40.9 Å². The molecular weight excluding hydrogens is 720 g/mol. The molecule has 0 aromatic carbocycles. The molecule has 3 saturated heterocycles. The van der Waals surface area contributed by atoms with Crippen LogP contribution in [0.5, 0.6) is 0 Å². The van der Waals surface area contributed by atoms with E-state index in [0.29, 0.717) is 0 Å². The number of rotatable bonds is 7. The fourth-order valence-electron chi connectivity index (χ4n) is 4.18. The van der Waals surface area contributed by atoms with E-state index in [1.807, 2.05) is 0 Å². The third kappa shape index (κ3) is 7.11. The fourth-order valence-corrected chi connectivity index (χ4v) is 4.18. The van der Waals surface area contributed by atoms with Crippen LogP contribution >= 0.6 is 37.2 Å². The van der Waals surface area contributed by atoms with Gasteiger partial charge in [-0.1, -0.05) is 0 Å². The Morgan fingerprint density at radius 3 is 1.42 bits per heavy atom. The van der Waals surface area contributed by atoms with Gasteiger partial charge in [0, 0.05) is 37.2 Å². The Balaban J connectivity index is 0.00000222. The number of aliphatic hydroxyl groups is 8. The predicted molar refractivity (Wildman–Crippen MR) is 135 cm³/mol. The molecule has 0 aromatic heterocycles. The minimum atomic E-state index is -1.56. The third-order valence-corrected chi connectivity index (χ3v) is 6.33. The van der Waals surface area contributed by atoms with Gasteiger partial charge in [0.15, 0.2) is 18.9 Å². The van der Waals surface area contributed by atoms with Crippen LogP contribution in [0.2, 0.25) is 0 Å². The SMILES string of the molecule is II.N[C@H]1[C@H](OC2[C@@H](CO)O[C@@H](OC3[C@@H](CO)O[C@@H](O)[C@H](N)[C@H]3O)[C@H](N)[C@H]2O)O[C@H](CO)[C@@H](O)[C@@H]1O. The zero-order valence-electron chi connectivity index (χ0n) is 18.9. The van der Waals surface area contributed by atoms with Crippen molar-refractivity contribution >= 4 is 37.2 Å². The molecule has 15 atom stereocenters. The van der Waals surface area contributed by atoms with E-state index >= 15 is 0 Å². The highest BCUT2D eigenvalue weighted by molar-refractivity contribution is 15.0. The highest BCUT2D eigenvalue weighted by Crippen LogP contribution is 2.31. The molecule has 3 heterocycles. The first-order valence-electron chi connectivity index (χ1n) is 11.0. The van der Waals surface area contributed by atoms with Crippen LogP contribution in [0.15, 0.2) is 0 Å². The summed E-state index contributed by atoms with van der Waals surface area (Å²) in [6.07, 6.45) is -16.8. The van der Waals surface area contributed by atoms with E-state index in [0.717, 1.165) is 0 Å². The Bertz CT molecular complexity index is 657. The van der Waals surface area contributed by atoms with Crippen molar-refractivity contribution in [1.29, 1.82) is 0 Å². The minimum absolute atomic E-state index is 0.651. The summed E-state index contributed by atoms with van der Waals surface area (Å²) >= 11 is 4.24. The van der Waals surface area contributed by atoms with Crippen molar-refractivity contribution in [2.45, 2.75) is 91.9 Å². The maximum absolute atomic E-state index is 10.8. The molecule has 36 heavy (non-hydrogen) atoms. The first-order chi connectivity index (χ1) is 17.0. The monoisotopic (exact) mass is 755 g/mol. The molecule has 14 N–H and O–H groups in total. The van der Waals surface area contributed by atoms with Gasteiger partial charge in [-0.2, -0.15) is 0 Å². The summed E-state index contributed by atoms with van der Waals surface area (Å²) in [6, 6.07) is -3.87. The average molecular weight is 755 g/mol. The summed E-state index contributed by atoms with van der Waals surface area (Å²) in [5, 5.41) is 79.6. The largest absolute Gasteiger partial charge is 0.394 e. The molecule has 0 spiro atoms. The molecule has 0 bridgehead atoms. The fraction of sp³-hybridized carbons (Fsp3) is 1.00. The molecule has 18 heteroatoms. The molecular formula is C18H35I2N3O13. The van der Waals surface area contributed by atoms with E-state index in [9.17, 15) is 40.9 Å². The van der Waals surface area contributed by atoms with Crippen molar-refractivity contribution in [3.63, 3.8) is 0 Å². The van der Waals surface area contributed by atoms with Crippen molar-refractivity contribution in [2.75, 3.05) is 19.8 Å². The van der Waals surface area contributed by atoms with Crippen LogP contribution in [0.4, 0.5) is 0 Å². The second-order valence-corrected chi connectivity index (χ2v) is 8.59. The number of nitrogens with two attached hydrogens (primary N) is 3. The van der Waals surface area contributed by atoms with E-state index in [1.165, 1.54) is 0 Å². The minimum Gasteiger partial charge on any atom is -0.394 e. The summed E-state index contributed by atoms with van der Waals surface area (Å²) in [7, 11) is 0. The summed E-state index contributed by atoms with van der Waals surface area (Å²) in [6.45, 7) is -2.00. The first-order valence-corrected chi connectivity index (χ1v) is 17.3. The Morgan fingerprint density at radius 1 is 0.556 bits per heavy atom. The molecule has 0 saturated carbocycles.